The van der Waals surface area contributed by atoms with Crippen LogP contribution in [0.4, 0.5) is 0 Å². The van der Waals surface area contributed by atoms with Gasteiger partial charge in [-0.05, 0) is 41.3 Å². The van der Waals surface area contributed by atoms with Crippen LogP contribution in [0.1, 0.15) is 34.3 Å². The lowest BCUT2D eigenvalue weighted by Crippen LogP contribution is -2.34. The second-order valence-corrected chi connectivity index (χ2v) is 6.60. The molecule has 0 amide bonds. The molecule has 1 unspecified atom stereocenters. The van der Waals surface area contributed by atoms with Gasteiger partial charge in [0.05, 0.1) is 25.7 Å². The van der Waals surface area contributed by atoms with Gasteiger partial charge in [0.2, 0.25) is 0 Å². The Labute approximate surface area is 141 Å². The molecule has 0 bridgehead atoms. The first kappa shape index (κ1) is 15.2. The highest BCUT2D eigenvalue weighted by Gasteiger charge is 2.51. The number of carbonyl (C=O) groups excluding carboxylic acids is 1. The lowest BCUT2D eigenvalue weighted by Gasteiger charge is -2.37. The Morgan fingerprint density at radius 3 is 2.62 bits per heavy atom. The number of ether oxygens (including phenoxy) is 2. The molecule has 4 atom stereocenters. The molecular formula is C20H20O4. The van der Waals surface area contributed by atoms with Crippen LogP contribution in [0.25, 0.3) is 0 Å². The predicted molar refractivity (Wildman–Crippen MR) is 88.9 cm³/mol. The van der Waals surface area contributed by atoms with E-state index < -0.39 is 6.10 Å². The molecule has 1 saturated heterocycles. The molecule has 2 aliphatic rings. The van der Waals surface area contributed by atoms with Gasteiger partial charge >= 0.3 is 5.97 Å². The third kappa shape index (κ3) is 2.13. The van der Waals surface area contributed by atoms with Crippen LogP contribution in [0.5, 0.6) is 5.75 Å². The summed E-state index contributed by atoms with van der Waals surface area (Å²) in [5.74, 6) is -0.144. The SMILES string of the molecule is COc1cc2c(cc1C)[C@H](O)C1COC(=O)[C@@H]1[C@@H]2c1ccccc1. The summed E-state index contributed by atoms with van der Waals surface area (Å²) >= 11 is 0. The Balaban J connectivity index is 1.96. The topological polar surface area (TPSA) is 55.8 Å². The number of aliphatic hydroxyl groups excluding tert-OH is 1. The molecular weight excluding hydrogens is 304 g/mol. The van der Waals surface area contributed by atoms with Gasteiger partial charge in [-0.3, -0.25) is 4.79 Å². The number of esters is 1. The van der Waals surface area contributed by atoms with Crippen molar-refractivity contribution in [3.63, 3.8) is 0 Å². The molecule has 24 heavy (non-hydrogen) atoms. The van der Waals surface area contributed by atoms with E-state index in [0.717, 1.165) is 28.0 Å². The Morgan fingerprint density at radius 1 is 1.17 bits per heavy atom. The fourth-order valence-corrected chi connectivity index (χ4v) is 4.17. The Kier molecular flexibility index (Phi) is 3.57. The van der Waals surface area contributed by atoms with Crippen molar-refractivity contribution < 1.29 is 19.4 Å². The first-order chi connectivity index (χ1) is 11.6. The van der Waals surface area contributed by atoms with Crippen molar-refractivity contribution in [2.24, 2.45) is 11.8 Å². The lowest BCUT2D eigenvalue weighted by atomic mass is 9.66. The molecule has 4 nitrogen and oxygen atoms in total. The highest BCUT2D eigenvalue weighted by Crippen LogP contribution is 2.52. The maximum Gasteiger partial charge on any atom is 0.310 e. The predicted octanol–water partition coefficient (Wildman–Crippen LogP) is 2.97. The van der Waals surface area contributed by atoms with Crippen molar-refractivity contribution in [2.75, 3.05) is 13.7 Å². The maximum atomic E-state index is 12.4. The normalized spacial score (nSPS) is 28.0. The number of rotatable bonds is 2. The number of hydrogen-bond donors (Lipinski definition) is 1. The third-order valence-corrected chi connectivity index (χ3v) is 5.33. The van der Waals surface area contributed by atoms with Gasteiger partial charge in [-0.1, -0.05) is 30.3 Å². The molecule has 1 aliphatic carbocycles. The molecule has 1 N–H and O–H groups in total. The van der Waals surface area contributed by atoms with Gasteiger partial charge in [0.25, 0.3) is 0 Å². The van der Waals surface area contributed by atoms with E-state index in [0.29, 0.717) is 0 Å². The quantitative estimate of drug-likeness (QED) is 0.863. The van der Waals surface area contributed by atoms with Crippen molar-refractivity contribution in [1.29, 1.82) is 0 Å². The summed E-state index contributed by atoms with van der Waals surface area (Å²) in [6, 6.07) is 13.9. The molecule has 4 rings (SSSR count). The number of aryl methyl sites for hydroxylation is 1. The summed E-state index contributed by atoms with van der Waals surface area (Å²) < 4.78 is 10.8. The molecule has 0 saturated carbocycles. The Bertz CT molecular complexity index is 784. The zero-order valence-corrected chi connectivity index (χ0v) is 13.7. The van der Waals surface area contributed by atoms with Gasteiger partial charge in [0.15, 0.2) is 0 Å². The highest BCUT2D eigenvalue weighted by atomic mass is 16.5. The molecule has 0 radical (unpaired) electrons. The molecule has 1 fully saturated rings. The van der Waals surface area contributed by atoms with Gasteiger partial charge in [-0.2, -0.15) is 0 Å². The summed E-state index contributed by atoms with van der Waals surface area (Å²) in [6.07, 6.45) is -0.694. The molecule has 4 heteroatoms. The first-order valence-electron chi connectivity index (χ1n) is 8.20. The summed E-state index contributed by atoms with van der Waals surface area (Å²) in [7, 11) is 1.64. The van der Waals surface area contributed by atoms with Crippen LogP contribution in [0.3, 0.4) is 0 Å². The van der Waals surface area contributed by atoms with Gasteiger partial charge < -0.3 is 14.6 Å². The molecule has 2 aromatic rings. The van der Waals surface area contributed by atoms with Crippen LogP contribution in [0.2, 0.25) is 0 Å². The lowest BCUT2D eigenvalue weighted by molar-refractivity contribution is -0.141. The van der Waals surface area contributed by atoms with E-state index in [4.69, 9.17) is 9.47 Å². The number of hydrogen-bond acceptors (Lipinski definition) is 4. The van der Waals surface area contributed by atoms with Crippen LogP contribution >= 0.6 is 0 Å². The Morgan fingerprint density at radius 2 is 1.92 bits per heavy atom. The fraction of sp³-hybridized carbons (Fsp3) is 0.350. The number of cyclic esters (lactones) is 1. The average Bonchev–Trinajstić information content (AvgIpc) is 2.98. The third-order valence-electron chi connectivity index (χ3n) is 5.33. The number of carbonyl (C=O) groups is 1. The molecule has 124 valence electrons. The Hall–Kier alpha value is -2.33. The highest BCUT2D eigenvalue weighted by molar-refractivity contribution is 5.78. The number of methoxy groups -OCH3 is 1. The number of aliphatic hydroxyl groups is 1. The summed E-state index contributed by atoms with van der Waals surface area (Å²) in [5.41, 5.74) is 3.87. The molecule has 0 spiro atoms. The fourth-order valence-electron chi connectivity index (χ4n) is 4.17. The van der Waals surface area contributed by atoms with Crippen LogP contribution in [0, 0.1) is 18.8 Å². The second kappa shape index (κ2) is 5.64. The van der Waals surface area contributed by atoms with Crippen LogP contribution < -0.4 is 4.74 Å². The van der Waals surface area contributed by atoms with Crippen LogP contribution in [-0.4, -0.2) is 24.8 Å². The zero-order chi connectivity index (χ0) is 16.8. The molecule has 1 heterocycles. The van der Waals surface area contributed by atoms with Gasteiger partial charge in [0, 0.05) is 11.8 Å². The van der Waals surface area contributed by atoms with E-state index in [2.05, 4.69) is 0 Å². The summed E-state index contributed by atoms with van der Waals surface area (Å²) in [4.78, 5) is 12.4. The largest absolute Gasteiger partial charge is 0.496 e. The monoisotopic (exact) mass is 324 g/mol. The number of benzene rings is 2. The minimum Gasteiger partial charge on any atom is -0.496 e. The van der Waals surface area contributed by atoms with Gasteiger partial charge in [0.1, 0.15) is 5.75 Å². The molecule has 1 aliphatic heterocycles. The number of fused-ring (bicyclic) bond motifs is 2. The van der Waals surface area contributed by atoms with Gasteiger partial charge in [-0.15, -0.1) is 0 Å². The van der Waals surface area contributed by atoms with Crippen LogP contribution in [0.15, 0.2) is 42.5 Å². The first-order valence-corrected chi connectivity index (χ1v) is 8.20. The summed E-state index contributed by atoms with van der Waals surface area (Å²) in [5, 5.41) is 10.8. The average molecular weight is 324 g/mol. The minimum atomic E-state index is -0.694. The van der Waals surface area contributed by atoms with Crippen molar-refractivity contribution in [1.82, 2.24) is 0 Å². The smallest absolute Gasteiger partial charge is 0.310 e. The van der Waals surface area contributed by atoms with Crippen molar-refractivity contribution >= 4 is 5.97 Å². The van der Waals surface area contributed by atoms with Gasteiger partial charge in [-0.25, -0.2) is 0 Å². The van der Waals surface area contributed by atoms with E-state index in [1.807, 2.05) is 49.4 Å². The summed E-state index contributed by atoms with van der Waals surface area (Å²) in [6.45, 7) is 2.24. The van der Waals surface area contributed by atoms with Crippen molar-refractivity contribution in [3.8, 4) is 5.75 Å². The van der Waals surface area contributed by atoms with E-state index in [1.165, 1.54) is 0 Å². The standard InChI is InChI=1S/C20H20O4/c1-11-8-14-13(9-16(11)23-2)17(12-6-4-3-5-7-12)18-15(19(14)21)10-24-20(18)22/h3-9,15,17-19,21H,10H2,1-2H3/t15?,17-,18+,19+/m1/s1. The van der Waals surface area contributed by atoms with E-state index in [1.54, 1.807) is 7.11 Å². The molecule has 0 aromatic heterocycles. The van der Waals surface area contributed by atoms with Crippen molar-refractivity contribution in [2.45, 2.75) is 18.9 Å². The van der Waals surface area contributed by atoms with Crippen LogP contribution in [-0.2, 0) is 9.53 Å². The van der Waals surface area contributed by atoms with E-state index >= 15 is 0 Å². The maximum absolute atomic E-state index is 12.4. The van der Waals surface area contributed by atoms with Crippen molar-refractivity contribution in [3.05, 3.63) is 64.7 Å². The minimum absolute atomic E-state index is 0.126. The molecule has 2 aromatic carbocycles. The van der Waals surface area contributed by atoms with E-state index in [-0.39, 0.29) is 30.3 Å². The second-order valence-electron chi connectivity index (χ2n) is 6.60. The zero-order valence-electron chi connectivity index (χ0n) is 13.7. The van der Waals surface area contributed by atoms with E-state index in [9.17, 15) is 9.90 Å².